The third-order valence-corrected chi connectivity index (χ3v) is 7.48. The van der Waals surface area contributed by atoms with Crippen LogP contribution in [0.25, 0.3) is 0 Å². The molecule has 1 aromatic rings. The fraction of sp³-hybridized carbons (Fsp3) is 0.643. The number of halogens is 2. The number of nitrogens with one attached hydrogen (secondary N) is 1. The number of carbonyl (C=O) groups excluding carboxylic acids is 1. The Morgan fingerprint density at radius 1 is 1.09 bits per heavy atom. The van der Waals surface area contributed by atoms with E-state index in [-0.39, 0.29) is 29.0 Å². The van der Waals surface area contributed by atoms with Crippen molar-refractivity contribution in [3.8, 4) is 5.75 Å². The van der Waals surface area contributed by atoms with Crippen LogP contribution in [-0.2, 0) is 11.3 Å². The second-order valence-corrected chi connectivity index (χ2v) is 12.3. The van der Waals surface area contributed by atoms with Crippen molar-refractivity contribution in [2.75, 3.05) is 0 Å². The Morgan fingerprint density at radius 2 is 1.69 bits per heavy atom. The van der Waals surface area contributed by atoms with E-state index in [2.05, 4.69) is 37.9 Å². The molecule has 0 saturated heterocycles. The number of rotatable bonds is 6. The smallest absolute Gasteiger partial charge is 0.316 e. The van der Waals surface area contributed by atoms with Crippen LogP contribution in [0.15, 0.2) is 40.1 Å². The van der Waals surface area contributed by atoms with Gasteiger partial charge in [0.2, 0.25) is 0 Å². The van der Waals surface area contributed by atoms with E-state index in [1.807, 2.05) is 51.4 Å². The lowest BCUT2D eigenvalue weighted by atomic mass is 9.71. The van der Waals surface area contributed by atoms with Gasteiger partial charge in [-0.3, -0.25) is 4.79 Å². The quantitative estimate of drug-likeness (QED) is 0.286. The molecule has 1 aliphatic carbocycles. The summed E-state index contributed by atoms with van der Waals surface area (Å²) in [6, 6.07) is 8.20. The molecule has 5 nitrogen and oxygen atoms in total. The topological polar surface area (TPSA) is 53.9 Å². The van der Waals surface area contributed by atoms with Crippen LogP contribution < -0.4 is 10.1 Å². The van der Waals surface area contributed by atoms with Crippen LogP contribution in [0.4, 0.5) is 0 Å². The van der Waals surface area contributed by atoms with Crippen molar-refractivity contribution in [2.24, 2.45) is 21.7 Å². The van der Waals surface area contributed by atoms with Gasteiger partial charge in [-0.25, -0.2) is 4.99 Å². The molecule has 0 spiro atoms. The van der Waals surface area contributed by atoms with Gasteiger partial charge in [-0.1, -0.05) is 51.4 Å². The summed E-state index contributed by atoms with van der Waals surface area (Å²) in [5.41, 5.74) is 0.963. The maximum absolute atomic E-state index is 12.1. The minimum atomic E-state index is -0.530. The number of ether oxygens (including phenoxy) is 1. The van der Waals surface area contributed by atoms with E-state index in [1.165, 1.54) is 12.8 Å². The van der Waals surface area contributed by atoms with Gasteiger partial charge in [0.25, 0.3) is 0 Å². The Morgan fingerprint density at radius 3 is 2.20 bits per heavy atom. The molecule has 196 valence electrons. The van der Waals surface area contributed by atoms with Crippen molar-refractivity contribution in [1.29, 1.82) is 0 Å². The van der Waals surface area contributed by atoms with Crippen molar-refractivity contribution in [3.63, 3.8) is 0 Å². The minimum Gasteiger partial charge on any atom is -0.426 e. The summed E-state index contributed by atoms with van der Waals surface area (Å²) >= 11 is 6.86. The standard InChI is InChI=1S/C28H42ClN3O2.BrH/c1-8-23-24(29)25(31-21-13-11-20(12-14-21)27(2,3)4)30-18-32(23)17-19-9-15-22(16-10-19)34-26(33)28(5,6)7;/h9-10,15-16,18,20-21,23,31H,8,11-14,17H2,1-7H3;1H/t20-,21+,23?;. The molecule has 1 unspecified atom stereocenters. The first-order chi connectivity index (χ1) is 15.9. The molecule has 2 aliphatic rings. The summed E-state index contributed by atoms with van der Waals surface area (Å²) in [7, 11) is 0. The highest BCUT2D eigenvalue weighted by Gasteiger charge is 2.31. The first-order valence-electron chi connectivity index (χ1n) is 12.7. The Labute approximate surface area is 227 Å². The number of hydrogen-bond acceptors (Lipinski definition) is 5. The van der Waals surface area contributed by atoms with Crippen LogP contribution in [0.5, 0.6) is 5.75 Å². The lowest BCUT2D eigenvalue weighted by molar-refractivity contribution is -0.143. The monoisotopic (exact) mass is 567 g/mol. The molecule has 1 heterocycles. The van der Waals surface area contributed by atoms with Gasteiger partial charge < -0.3 is 15.0 Å². The van der Waals surface area contributed by atoms with Crippen LogP contribution in [0, 0.1) is 16.7 Å². The largest absolute Gasteiger partial charge is 0.426 e. The van der Waals surface area contributed by atoms with Crippen molar-refractivity contribution in [1.82, 2.24) is 10.2 Å². The van der Waals surface area contributed by atoms with Gasteiger partial charge in [0.15, 0.2) is 0 Å². The van der Waals surface area contributed by atoms with Gasteiger partial charge >= 0.3 is 5.97 Å². The van der Waals surface area contributed by atoms with Crippen molar-refractivity contribution in [3.05, 3.63) is 40.7 Å². The van der Waals surface area contributed by atoms with Crippen molar-refractivity contribution in [2.45, 2.75) is 99.2 Å². The first-order valence-corrected chi connectivity index (χ1v) is 13.0. The van der Waals surface area contributed by atoms with Crippen molar-refractivity contribution >= 4 is 40.9 Å². The van der Waals surface area contributed by atoms with Gasteiger partial charge in [-0.05, 0) is 81.9 Å². The van der Waals surface area contributed by atoms with Crippen LogP contribution in [0.2, 0.25) is 0 Å². The summed E-state index contributed by atoms with van der Waals surface area (Å²) in [6.45, 7) is 15.4. The summed E-state index contributed by atoms with van der Waals surface area (Å²) in [5.74, 6) is 1.94. The molecule has 3 rings (SSSR count). The average molecular weight is 569 g/mol. The predicted molar refractivity (Wildman–Crippen MR) is 151 cm³/mol. The molecule has 1 aromatic carbocycles. The number of benzene rings is 1. The van der Waals surface area contributed by atoms with Crippen LogP contribution in [-0.4, -0.2) is 29.3 Å². The molecule has 1 fully saturated rings. The molecule has 1 aliphatic heterocycles. The van der Waals surface area contributed by atoms with Crippen LogP contribution >= 0.6 is 28.6 Å². The van der Waals surface area contributed by atoms with E-state index in [0.29, 0.717) is 23.8 Å². The maximum atomic E-state index is 12.1. The number of aliphatic imine (C=N–C) groups is 1. The Balaban J connectivity index is 0.00000432. The van der Waals surface area contributed by atoms with E-state index in [0.717, 1.165) is 41.6 Å². The van der Waals surface area contributed by atoms with Gasteiger partial charge in [-0.2, -0.15) is 0 Å². The number of carbonyl (C=O) groups is 1. The summed E-state index contributed by atoms with van der Waals surface area (Å²) in [6.07, 6.45) is 7.64. The summed E-state index contributed by atoms with van der Waals surface area (Å²) < 4.78 is 5.48. The predicted octanol–water partition coefficient (Wildman–Crippen LogP) is 7.44. The Bertz CT molecular complexity index is 908. The molecule has 0 aromatic heterocycles. The van der Waals surface area contributed by atoms with E-state index in [9.17, 15) is 4.79 Å². The van der Waals surface area contributed by atoms with E-state index in [1.54, 1.807) is 0 Å². The highest BCUT2D eigenvalue weighted by atomic mass is 79.9. The van der Waals surface area contributed by atoms with Gasteiger partial charge in [0.05, 0.1) is 22.8 Å². The fourth-order valence-corrected chi connectivity index (χ4v) is 5.06. The molecule has 1 N–H and O–H groups in total. The van der Waals surface area contributed by atoms with Crippen molar-refractivity contribution < 1.29 is 9.53 Å². The van der Waals surface area contributed by atoms with Crippen LogP contribution in [0.3, 0.4) is 0 Å². The lowest BCUT2D eigenvalue weighted by Gasteiger charge is -2.38. The zero-order chi connectivity index (χ0) is 25.1. The Kier molecular flexibility index (Phi) is 10.3. The fourth-order valence-electron chi connectivity index (χ4n) is 4.68. The van der Waals surface area contributed by atoms with Crippen LogP contribution in [0.1, 0.15) is 86.1 Å². The zero-order valence-electron chi connectivity index (χ0n) is 22.4. The molecular formula is C28H43BrClN3O2. The number of esters is 1. The number of hydrogen-bond donors (Lipinski definition) is 1. The number of nitrogens with zero attached hydrogens (tertiary/aromatic N) is 2. The SMILES string of the molecule is Br.CCC1C(Cl)=C(N[C@H]2CC[C@@H](C(C)(C)C)CC2)N=CN1Cc1ccc(OC(=O)C(C)(C)C)cc1. The molecule has 0 amide bonds. The summed E-state index contributed by atoms with van der Waals surface area (Å²) in [4.78, 5) is 19.0. The van der Waals surface area contributed by atoms with Gasteiger partial charge in [-0.15, -0.1) is 17.0 Å². The average Bonchev–Trinajstić information content (AvgIpc) is 2.76. The molecule has 1 saturated carbocycles. The van der Waals surface area contributed by atoms with Gasteiger partial charge in [0, 0.05) is 12.6 Å². The van der Waals surface area contributed by atoms with E-state index < -0.39 is 5.41 Å². The maximum Gasteiger partial charge on any atom is 0.316 e. The zero-order valence-corrected chi connectivity index (χ0v) is 24.8. The van der Waals surface area contributed by atoms with E-state index in [4.69, 9.17) is 21.3 Å². The molecule has 0 bridgehead atoms. The second-order valence-electron chi connectivity index (χ2n) is 11.9. The molecule has 35 heavy (non-hydrogen) atoms. The lowest BCUT2D eigenvalue weighted by Crippen LogP contribution is -2.41. The van der Waals surface area contributed by atoms with E-state index >= 15 is 0 Å². The third kappa shape index (κ3) is 7.98. The second kappa shape index (κ2) is 12.1. The molecule has 7 heteroatoms. The third-order valence-electron chi connectivity index (χ3n) is 7.05. The summed E-state index contributed by atoms with van der Waals surface area (Å²) in [5, 5.41) is 4.43. The highest BCUT2D eigenvalue weighted by Crippen LogP contribution is 2.38. The molecule has 1 atom stereocenters. The Hall–Kier alpha value is -1.53. The molecular weight excluding hydrogens is 526 g/mol. The minimum absolute atomic E-state index is 0. The first kappa shape index (κ1) is 29.7. The van der Waals surface area contributed by atoms with Gasteiger partial charge in [0.1, 0.15) is 11.6 Å². The normalized spacial score (nSPS) is 23.1. The molecule has 0 radical (unpaired) electrons. The highest BCUT2D eigenvalue weighted by molar-refractivity contribution is 8.93.